The van der Waals surface area contributed by atoms with E-state index in [9.17, 15) is 9.59 Å². The molecule has 0 bridgehead atoms. The Kier molecular flexibility index (Phi) is 6.87. The molecule has 0 aromatic carbocycles. The van der Waals surface area contributed by atoms with Gasteiger partial charge in [0.05, 0.1) is 13.5 Å². The highest BCUT2D eigenvalue weighted by atomic mass is 16.6. The van der Waals surface area contributed by atoms with Gasteiger partial charge in [-0.05, 0) is 32.6 Å². The van der Waals surface area contributed by atoms with Crippen molar-refractivity contribution in [2.45, 2.75) is 59.6 Å². The summed E-state index contributed by atoms with van der Waals surface area (Å²) in [5, 5.41) is 2.83. The quantitative estimate of drug-likeness (QED) is 0.782. The van der Waals surface area contributed by atoms with Crippen LogP contribution in [0, 0.1) is 11.8 Å². The van der Waals surface area contributed by atoms with Gasteiger partial charge in [0.25, 0.3) is 0 Å². The molecule has 0 saturated heterocycles. The number of nitrogens with one attached hydrogen (secondary N) is 1. The lowest BCUT2D eigenvalue weighted by atomic mass is 9.89. The second-order valence-electron chi connectivity index (χ2n) is 6.17. The van der Waals surface area contributed by atoms with E-state index in [1.54, 1.807) is 0 Å². The van der Waals surface area contributed by atoms with Crippen LogP contribution in [0.5, 0.6) is 0 Å². The number of amides is 1. The first-order chi connectivity index (χ1) is 8.56. The van der Waals surface area contributed by atoms with Crippen LogP contribution in [-0.4, -0.2) is 30.8 Å². The minimum Gasteiger partial charge on any atom is -0.469 e. The summed E-state index contributed by atoms with van der Waals surface area (Å²) in [5.74, 6) is -0.0868. The fourth-order valence-electron chi connectivity index (χ4n) is 1.88. The fourth-order valence-corrected chi connectivity index (χ4v) is 1.88. The van der Waals surface area contributed by atoms with Crippen LogP contribution in [0.2, 0.25) is 0 Å². The van der Waals surface area contributed by atoms with Gasteiger partial charge in [0.15, 0.2) is 0 Å². The monoisotopic (exact) mass is 273 g/mol. The lowest BCUT2D eigenvalue weighted by Gasteiger charge is -2.29. The molecule has 19 heavy (non-hydrogen) atoms. The van der Waals surface area contributed by atoms with Crippen LogP contribution in [0.25, 0.3) is 0 Å². The average Bonchev–Trinajstić information content (AvgIpc) is 2.22. The number of alkyl carbamates (subject to hydrolysis) is 1. The third-order valence-corrected chi connectivity index (χ3v) is 2.73. The van der Waals surface area contributed by atoms with Crippen LogP contribution in [0.3, 0.4) is 0 Å². The first kappa shape index (κ1) is 17.7. The molecule has 0 spiro atoms. The topological polar surface area (TPSA) is 64.6 Å². The highest BCUT2D eigenvalue weighted by Gasteiger charge is 2.27. The summed E-state index contributed by atoms with van der Waals surface area (Å²) >= 11 is 0. The highest BCUT2D eigenvalue weighted by Crippen LogP contribution is 2.17. The van der Waals surface area contributed by atoms with Crippen molar-refractivity contribution in [2.75, 3.05) is 7.11 Å². The molecule has 0 aromatic heterocycles. The summed E-state index contributed by atoms with van der Waals surface area (Å²) in [6, 6.07) is -0.131. The second kappa shape index (κ2) is 7.36. The van der Waals surface area contributed by atoms with Gasteiger partial charge in [-0.25, -0.2) is 4.79 Å². The van der Waals surface area contributed by atoms with E-state index in [1.807, 2.05) is 41.5 Å². The van der Waals surface area contributed by atoms with Crippen LogP contribution in [0.4, 0.5) is 4.79 Å². The summed E-state index contributed by atoms with van der Waals surface area (Å²) in [6.45, 7) is 11.4. The maximum absolute atomic E-state index is 11.8. The standard InChI is InChI=1S/C14H27NO4/c1-9(2)12(10(3)8-11(16)18-7)15-13(17)19-14(4,5)6/h9-10,12H,8H2,1-7H3,(H,15,17)/t10-,12+/m0/s1. The van der Waals surface area contributed by atoms with Crippen LogP contribution >= 0.6 is 0 Å². The number of carbonyl (C=O) groups is 2. The SMILES string of the molecule is COC(=O)C[C@H](C)[C@H](NC(=O)OC(C)(C)C)C(C)C. The number of esters is 1. The van der Waals surface area contributed by atoms with Crippen LogP contribution in [0.15, 0.2) is 0 Å². The lowest BCUT2D eigenvalue weighted by molar-refractivity contribution is -0.141. The first-order valence-electron chi connectivity index (χ1n) is 6.63. The van der Waals surface area contributed by atoms with Crippen LogP contribution < -0.4 is 5.32 Å². The molecule has 0 aliphatic carbocycles. The molecule has 0 aromatic rings. The molecule has 1 amide bonds. The molecule has 0 aliphatic heterocycles. The number of hydrogen-bond donors (Lipinski definition) is 1. The van der Waals surface area contributed by atoms with E-state index in [1.165, 1.54) is 7.11 Å². The molecule has 0 saturated carbocycles. The average molecular weight is 273 g/mol. The highest BCUT2D eigenvalue weighted by molar-refractivity contribution is 5.70. The molecule has 0 rings (SSSR count). The van der Waals surface area contributed by atoms with Gasteiger partial charge in [0.1, 0.15) is 5.60 Å². The Hall–Kier alpha value is -1.26. The van der Waals surface area contributed by atoms with E-state index in [-0.39, 0.29) is 30.3 Å². The van der Waals surface area contributed by atoms with Crippen molar-refractivity contribution in [1.82, 2.24) is 5.32 Å². The zero-order valence-electron chi connectivity index (χ0n) is 13.1. The Labute approximate surface area is 116 Å². The minimum absolute atomic E-state index is 0.0139. The van der Waals surface area contributed by atoms with Gasteiger partial charge in [-0.15, -0.1) is 0 Å². The molecule has 0 heterocycles. The van der Waals surface area contributed by atoms with E-state index in [0.29, 0.717) is 0 Å². The zero-order chi connectivity index (χ0) is 15.2. The fraction of sp³-hybridized carbons (Fsp3) is 0.857. The van der Waals surface area contributed by atoms with Crippen LogP contribution in [-0.2, 0) is 14.3 Å². The second-order valence-corrected chi connectivity index (χ2v) is 6.17. The predicted molar refractivity (Wildman–Crippen MR) is 73.8 cm³/mol. The number of hydrogen-bond acceptors (Lipinski definition) is 4. The van der Waals surface area contributed by atoms with Crippen molar-refractivity contribution in [2.24, 2.45) is 11.8 Å². The zero-order valence-corrected chi connectivity index (χ0v) is 13.1. The molecule has 5 nitrogen and oxygen atoms in total. The van der Waals surface area contributed by atoms with E-state index in [2.05, 4.69) is 10.1 Å². The summed E-state index contributed by atoms with van der Waals surface area (Å²) in [6.07, 6.45) is -0.183. The van der Waals surface area contributed by atoms with Gasteiger partial charge >= 0.3 is 12.1 Å². The van der Waals surface area contributed by atoms with Crippen molar-refractivity contribution >= 4 is 12.1 Å². The molecular formula is C14H27NO4. The molecule has 0 unspecified atom stereocenters. The Balaban J connectivity index is 4.57. The summed E-state index contributed by atoms with van der Waals surface area (Å²) < 4.78 is 9.89. The molecular weight excluding hydrogens is 246 g/mol. The van der Waals surface area contributed by atoms with Crippen LogP contribution in [0.1, 0.15) is 48.0 Å². The Morgan fingerprint density at radius 2 is 1.68 bits per heavy atom. The van der Waals surface area contributed by atoms with Crippen molar-refractivity contribution in [3.63, 3.8) is 0 Å². The molecule has 0 radical (unpaired) electrons. The Bertz CT molecular complexity index is 307. The molecule has 2 atom stereocenters. The van der Waals surface area contributed by atoms with Gasteiger partial charge < -0.3 is 14.8 Å². The largest absolute Gasteiger partial charge is 0.469 e. The van der Waals surface area contributed by atoms with Gasteiger partial charge in [0.2, 0.25) is 0 Å². The first-order valence-corrected chi connectivity index (χ1v) is 6.63. The Morgan fingerprint density at radius 3 is 2.05 bits per heavy atom. The normalized spacial score (nSPS) is 14.7. The molecule has 0 fully saturated rings. The smallest absolute Gasteiger partial charge is 0.407 e. The minimum atomic E-state index is -0.531. The van der Waals surface area contributed by atoms with E-state index >= 15 is 0 Å². The molecule has 5 heteroatoms. The molecule has 112 valence electrons. The van der Waals surface area contributed by atoms with Crippen molar-refractivity contribution in [1.29, 1.82) is 0 Å². The van der Waals surface area contributed by atoms with Gasteiger partial charge in [-0.3, -0.25) is 4.79 Å². The van der Waals surface area contributed by atoms with Gasteiger partial charge in [0, 0.05) is 6.04 Å². The number of methoxy groups -OCH3 is 1. The maximum Gasteiger partial charge on any atom is 0.407 e. The third kappa shape index (κ3) is 7.70. The number of carbonyl (C=O) groups excluding carboxylic acids is 2. The maximum atomic E-state index is 11.8. The van der Waals surface area contributed by atoms with Crippen molar-refractivity contribution in [3.05, 3.63) is 0 Å². The van der Waals surface area contributed by atoms with E-state index < -0.39 is 11.7 Å². The predicted octanol–water partition coefficient (Wildman–Crippen LogP) is 2.73. The number of rotatable bonds is 5. The number of ether oxygens (including phenoxy) is 2. The van der Waals surface area contributed by atoms with E-state index in [4.69, 9.17) is 4.74 Å². The molecule has 1 N–H and O–H groups in total. The van der Waals surface area contributed by atoms with Gasteiger partial charge in [-0.1, -0.05) is 20.8 Å². The lowest BCUT2D eigenvalue weighted by Crippen LogP contribution is -2.45. The van der Waals surface area contributed by atoms with E-state index in [0.717, 1.165) is 0 Å². The summed E-state index contributed by atoms with van der Waals surface area (Å²) in [5.41, 5.74) is -0.531. The van der Waals surface area contributed by atoms with Crippen molar-refractivity contribution in [3.8, 4) is 0 Å². The third-order valence-electron chi connectivity index (χ3n) is 2.73. The summed E-state index contributed by atoms with van der Waals surface area (Å²) in [7, 11) is 1.36. The molecule has 0 aliphatic rings. The van der Waals surface area contributed by atoms with Gasteiger partial charge in [-0.2, -0.15) is 0 Å². The Morgan fingerprint density at radius 1 is 1.16 bits per heavy atom. The summed E-state index contributed by atoms with van der Waals surface area (Å²) in [4.78, 5) is 23.1. The van der Waals surface area contributed by atoms with Crippen molar-refractivity contribution < 1.29 is 19.1 Å².